The molecule has 0 aromatic heterocycles. The van der Waals surface area contributed by atoms with Gasteiger partial charge in [-0.05, 0) is 18.3 Å². The monoisotopic (exact) mass is 268 g/mol. The maximum absolute atomic E-state index is 12.5. The van der Waals surface area contributed by atoms with E-state index in [0.717, 1.165) is 12.8 Å². The van der Waals surface area contributed by atoms with Crippen molar-refractivity contribution < 1.29 is 9.59 Å². The minimum absolute atomic E-state index is 0.00686. The second kappa shape index (κ2) is 6.92. The van der Waals surface area contributed by atoms with Gasteiger partial charge in [-0.1, -0.05) is 47.5 Å². The number of rotatable bonds is 6. The molecular weight excluding hydrogens is 240 g/mol. The van der Waals surface area contributed by atoms with Gasteiger partial charge in [0.25, 0.3) is 0 Å². The molecule has 1 N–H and O–H groups in total. The highest BCUT2D eigenvalue weighted by molar-refractivity contribution is 5.97. The van der Waals surface area contributed by atoms with Crippen molar-refractivity contribution in [2.45, 2.75) is 66.0 Å². The Morgan fingerprint density at radius 1 is 1.16 bits per heavy atom. The average molecular weight is 268 g/mol. The molecule has 1 aliphatic rings. The molecule has 4 heteroatoms. The number of amides is 2. The van der Waals surface area contributed by atoms with E-state index in [1.54, 1.807) is 0 Å². The van der Waals surface area contributed by atoms with E-state index in [2.05, 4.69) is 19.2 Å². The number of carbonyl (C=O) groups excluding carboxylic acids is 2. The van der Waals surface area contributed by atoms with Crippen molar-refractivity contribution in [3.05, 3.63) is 0 Å². The number of piperazine rings is 1. The van der Waals surface area contributed by atoms with Gasteiger partial charge in [0, 0.05) is 6.54 Å². The van der Waals surface area contributed by atoms with E-state index >= 15 is 0 Å². The van der Waals surface area contributed by atoms with Crippen LogP contribution in [0.5, 0.6) is 0 Å². The zero-order valence-electron chi connectivity index (χ0n) is 12.9. The van der Waals surface area contributed by atoms with Crippen molar-refractivity contribution in [1.29, 1.82) is 0 Å². The topological polar surface area (TPSA) is 49.4 Å². The third-order valence-corrected chi connectivity index (χ3v) is 4.15. The van der Waals surface area contributed by atoms with Crippen LogP contribution >= 0.6 is 0 Å². The van der Waals surface area contributed by atoms with Gasteiger partial charge >= 0.3 is 0 Å². The molecule has 4 nitrogen and oxygen atoms in total. The Morgan fingerprint density at radius 2 is 1.74 bits per heavy atom. The van der Waals surface area contributed by atoms with Gasteiger partial charge in [0.2, 0.25) is 11.8 Å². The maximum Gasteiger partial charge on any atom is 0.245 e. The predicted molar refractivity (Wildman–Crippen MR) is 76.6 cm³/mol. The molecule has 19 heavy (non-hydrogen) atoms. The first-order valence-corrected chi connectivity index (χ1v) is 7.56. The maximum atomic E-state index is 12.5. The zero-order valence-corrected chi connectivity index (χ0v) is 12.9. The molecule has 1 heterocycles. The molecule has 0 bridgehead atoms. The lowest BCUT2D eigenvalue weighted by Gasteiger charge is -2.42. The minimum atomic E-state index is -0.336. The Bertz CT molecular complexity index is 324. The second-order valence-electron chi connectivity index (χ2n) is 5.83. The fourth-order valence-electron chi connectivity index (χ4n) is 2.77. The van der Waals surface area contributed by atoms with Gasteiger partial charge in [-0.15, -0.1) is 0 Å². The molecule has 0 radical (unpaired) electrons. The second-order valence-corrected chi connectivity index (χ2v) is 5.83. The number of hydrogen-bond acceptors (Lipinski definition) is 2. The summed E-state index contributed by atoms with van der Waals surface area (Å²) in [4.78, 5) is 26.5. The molecule has 0 aliphatic carbocycles. The van der Waals surface area contributed by atoms with Crippen molar-refractivity contribution in [3.63, 3.8) is 0 Å². The van der Waals surface area contributed by atoms with Crippen LogP contribution in [0, 0.1) is 11.8 Å². The van der Waals surface area contributed by atoms with Crippen LogP contribution in [0.2, 0.25) is 0 Å². The Balaban J connectivity index is 2.95. The summed E-state index contributed by atoms with van der Waals surface area (Å²) in [5.41, 5.74) is 0. The molecule has 0 aromatic rings. The Hall–Kier alpha value is -1.06. The normalized spacial score (nSPS) is 24.3. The zero-order chi connectivity index (χ0) is 14.6. The van der Waals surface area contributed by atoms with Crippen molar-refractivity contribution in [1.82, 2.24) is 10.2 Å². The highest BCUT2D eigenvalue weighted by Crippen LogP contribution is 2.22. The Morgan fingerprint density at radius 3 is 2.16 bits per heavy atom. The number of carbonyl (C=O) groups is 2. The molecule has 2 amide bonds. The van der Waals surface area contributed by atoms with Crippen molar-refractivity contribution in [2.24, 2.45) is 11.8 Å². The lowest BCUT2D eigenvalue weighted by atomic mass is 9.93. The molecule has 110 valence electrons. The third kappa shape index (κ3) is 3.48. The quantitative estimate of drug-likeness (QED) is 0.802. The molecule has 1 saturated heterocycles. The molecule has 1 fully saturated rings. The Labute approximate surface area is 116 Å². The fraction of sp³-hybridized carbons (Fsp3) is 0.867. The summed E-state index contributed by atoms with van der Waals surface area (Å²) in [6.07, 6.45) is 2.75. The van der Waals surface area contributed by atoms with Gasteiger partial charge in [-0.2, -0.15) is 0 Å². The fourth-order valence-corrected chi connectivity index (χ4v) is 2.77. The van der Waals surface area contributed by atoms with E-state index in [9.17, 15) is 9.59 Å². The Kier molecular flexibility index (Phi) is 5.83. The summed E-state index contributed by atoms with van der Waals surface area (Å²) in [6.45, 7) is 10.9. The van der Waals surface area contributed by atoms with Gasteiger partial charge in [0.05, 0.1) is 0 Å². The molecular formula is C15H28N2O2. The van der Waals surface area contributed by atoms with E-state index in [1.807, 2.05) is 25.7 Å². The number of nitrogens with one attached hydrogen (secondary N) is 1. The molecule has 0 saturated carbocycles. The van der Waals surface area contributed by atoms with Crippen LogP contribution in [-0.2, 0) is 9.59 Å². The highest BCUT2D eigenvalue weighted by Gasteiger charge is 2.41. The minimum Gasteiger partial charge on any atom is -0.343 e. The molecule has 1 aliphatic heterocycles. The van der Waals surface area contributed by atoms with Crippen LogP contribution in [-0.4, -0.2) is 35.3 Å². The molecule has 2 atom stereocenters. The first-order valence-electron chi connectivity index (χ1n) is 7.56. The molecule has 0 aromatic carbocycles. The SMILES string of the molecule is CCC(CC)CN1C(=O)C(CC)NC(=O)C1C(C)C. The summed E-state index contributed by atoms with van der Waals surface area (Å²) in [6, 6.07) is -0.646. The van der Waals surface area contributed by atoms with Crippen LogP contribution in [0.25, 0.3) is 0 Å². The van der Waals surface area contributed by atoms with E-state index in [-0.39, 0.29) is 29.8 Å². The van der Waals surface area contributed by atoms with Crippen LogP contribution in [0.3, 0.4) is 0 Å². The lowest BCUT2D eigenvalue weighted by Crippen LogP contribution is -2.65. The van der Waals surface area contributed by atoms with E-state index < -0.39 is 0 Å². The van der Waals surface area contributed by atoms with Gasteiger partial charge in [-0.25, -0.2) is 0 Å². The third-order valence-electron chi connectivity index (χ3n) is 4.15. The smallest absolute Gasteiger partial charge is 0.245 e. The van der Waals surface area contributed by atoms with Gasteiger partial charge in [0.1, 0.15) is 12.1 Å². The van der Waals surface area contributed by atoms with Crippen LogP contribution in [0.15, 0.2) is 0 Å². The van der Waals surface area contributed by atoms with Crippen molar-refractivity contribution in [2.75, 3.05) is 6.54 Å². The van der Waals surface area contributed by atoms with Crippen LogP contribution in [0.4, 0.5) is 0 Å². The largest absolute Gasteiger partial charge is 0.343 e. The van der Waals surface area contributed by atoms with Gasteiger partial charge in [-0.3, -0.25) is 9.59 Å². The van der Waals surface area contributed by atoms with E-state index in [4.69, 9.17) is 0 Å². The summed E-state index contributed by atoms with van der Waals surface area (Å²) < 4.78 is 0. The summed E-state index contributed by atoms with van der Waals surface area (Å²) in [5.74, 6) is 0.727. The first kappa shape index (κ1) is 16.0. The van der Waals surface area contributed by atoms with Crippen molar-refractivity contribution >= 4 is 11.8 Å². The van der Waals surface area contributed by atoms with Crippen LogP contribution in [0.1, 0.15) is 53.9 Å². The first-order chi connectivity index (χ1) is 8.96. The standard InChI is InChI=1S/C15H28N2O2/c1-6-11(7-2)9-17-13(10(4)5)14(18)16-12(8-3)15(17)19/h10-13H,6-9H2,1-5H3,(H,16,18). The highest BCUT2D eigenvalue weighted by atomic mass is 16.2. The number of nitrogens with zero attached hydrogens (tertiary/aromatic N) is 1. The summed E-state index contributed by atoms with van der Waals surface area (Å²) in [7, 11) is 0. The average Bonchev–Trinajstić information content (AvgIpc) is 2.38. The number of hydrogen-bond donors (Lipinski definition) is 1. The molecule has 2 unspecified atom stereocenters. The molecule has 0 spiro atoms. The van der Waals surface area contributed by atoms with Gasteiger partial charge < -0.3 is 10.2 Å². The van der Waals surface area contributed by atoms with E-state index in [0.29, 0.717) is 18.9 Å². The van der Waals surface area contributed by atoms with Gasteiger partial charge in [0.15, 0.2) is 0 Å². The molecule has 1 rings (SSSR count). The van der Waals surface area contributed by atoms with E-state index in [1.165, 1.54) is 0 Å². The summed E-state index contributed by atoms with van der Waals surface area (Å²) >= 11 is 0. The predicted octanol–water partition coefficient (Wildman–Crippen LogP) is 2.18. The lowest BCUT2D eigenvalue weighted by molar-refractivity contribution is -0.152. The van der Waals surface area contributed by atoms with Crippen molar-refractivity contribution in [3.8, 4) is 0 Å². The summed E-state index contributed by atoms with van der Waals surface area (Å²) in [5, 5.41) is 2.86. The van der Waals surface area contributed by atoms with Crippen LogP contribution < -0.4 is 5.32 Å².